The largest absolute Gasteiger partial charge is 0.481 e. The number of nitrogens with zero attached hydrogens (tertiary/aromatic N) is 3. The van der Waals surface area contributed by atoms with Gasteiger partial charge in [0.1, 0.15) is 12.7 Å². The van der Waals surface area contributed by atoms with E-state index in [2.05, 4.69) is 21.5 Å². The molecule has 22 heavy (non-hydrogen) atoms. The van der Waals surface area contributed by atoms with Crippen molar-refractivity contribution in [2.24, 2.45) is 5.41 Å². The Morgan fingerprint density at radius 1 is 1.41 bits per heavy atom. The van der Waals surface area contributed by atoms with Crippen LogP contribution in [0.4, 0.5) is 0 Å². The lowest BCUT2D eigenvalue weighted by molar-refractivity contribution is -0.147. The fourth-order valence-electron chi connectivity index (χ4n) is 2.16. The SMILES string of the molecule is Cc1cc(CNCCC(C)(C)C(=O)O)ccc1-n1cncn1. The van der Waals surface area contributed by atoms with Crippen LogP contribution in [0, 0.1) is 12.3 Å². The Labute approximate surface area is 130 Å². The third kappa shape index (κ3) is 3.92. The summed E-state index contributed by atoms with van der Waals surface area (Å²) >= 11 is 0. The second kappa shape index (κ2) is 6.70. The minimum absolute atomic E-state index is 0.596. The number of benzene rings is 1. The van der Waals surface area contributed by atoms with Crippen LogP contribution in [0.2, 0.25) is 0 Å². The van der Waals surface area contributed by atoms with Crippen LogP contribution < -0.4 is 5.32 Å². The van der Waals surface area contributed by atoms with Crippen molar-refractivity contribution in [2.75, 3.05) is 6.54 Å². The van der Waals surface area contributed by atoms with Crippen molar-refractivity contribution >= 4 is 5.97 Å². The molecule has 1 aromatic carbocycles. The second-order valence-corrected chi connectivity index (χ2v) is 6.08. The molecular formula is C16H22N4O2. The molecule has 2 rings (SSSR count). The number of carboxylic acid groups (broad SMARTS) is 1. The topological polar surface area (TPSA) is 80.0 Å². The fraction of sp³-hybridized carbons (Fsp3) is 0.438. The van der Waals surface area contributed by atoms with Crippen LogP contribution in [0.1, 0.15) is 31.4 Å². The van der Waals surface area contributed by atoms with Gasteiger partial charge in [-0.25, -0.2) is 9.67 Å². The molecule has 1 aromatic heterocycles. The standard InChI is InChI=1S/C16H22N4O2/c1-12-8-13(4-5-14(12)20-11-18-10-19-20)9-17-7-6-16(2,3)15(21)22/h4-5,8,10-11,17H,6-7,9H2,1-3H3,(H,21,22). The number of hydrogen-bond acceptors (Lipinski definition) is 4. The van der Waals surface area contributed by atoms with Gasteiger partial charge in [-0.1, -0.05) is 12.1 Å². The van der Waals surface area contributed by atoms with Crippen molar-refractivity contribution in [3.05, 3.63) is 42.0 Å². The summed E-state index contributed by atoms with van der Waals surface area (Å²) in [6.45, 7) is 6.91. The lowest BCUT2D eigenvalue weighted by atomic mass is 9.90. The molecule has 0 fully saturated rings. The van der Waals surface area contributed by atoms with E-state index in [9.17, 15) is 4.79 Å². The Hall–Kier alpha value is -2.21. The van der Waals surface area contributed by atoms with E-state index in [4.69, 9.17) is 5.11 Å². The molecule has 118 valence electrons. The Balaban J connectivity index is 1.90. The predicted octanol–water partition coefficient (Wildman–Crippen LogP) is 2.17. The van der Waals surface area contributed by atoms with E-state index >= 15 is 0 Å². The average molecular weight is 302 g/mol. The minimum Gasteiger partial charge on any atom is -0.481 e. The summed E-state index contributed by atoms with van der Waals surface area (Å²) in [5.74, 6) is -0.762. The molecule has 2 aromatic rings. The van der Waals surface area contributed by atoms with Crippen molar-refractivity contribution < 1.29 is 9.90 Å². The summed E-state index contributed by atoms with van der Waals surface area (Å²) in [5, 5.41) is 16.5. The smallest absolute Gasteiger partial charge is 0.309 e. The zero-order valence-corrected chi connectivity index (χ0v) is 13.2. The zero-order chi connectivity index (χ0) is 16.2. The van der Waals surface area contributed by atoms with Crippen LogP contribution in [0.15, 0.2) is 30.9 Å². The van der Waals surface area contributed by atoms with Gasteiger partial charge in [-0.05, 0) is 50.9 Å². The summed E-state index contributed by atoms with van der Waals surface area (Å²) in [7, 11) is 0. The summed E-state index contributed by atoms with van der Waals surface area (Å²) in [6.07, 6.45) is 3.78. The van der Waals surface area contributed by atoms with E-state index in [0.29, 0.717) is 19.5 Å². The van der Waals surface area contributed by atoms with Crippen molar-refractivity contribution in [3.8, 4) is 5.69 Å². The van der Waals surface area contributed by atoms with Crippen LogP contribution in [0.25, 0.3) is 5.69 Å². The molecule has 0 amide bonds. The van der Waals surface area contributed by atoms with Crippen molar-refractivity contribution in [1.82, 2.24) is 20.1 Å². The summed E-state index contributed by atoms with van der Waals surface area (Å²) in [4.78, 5) is 15.0. The van der Waals surface area contributed by atoms with Gasteiger partial charge in [0.25, 0.3) is 0 Å². The Morgan fingerprint density at radius 2 is 2.18 bits per heavy atom. The highest BCUT2D eigenvalue weighted by Gasteiger charge is 2.25. The van der Waals surface area contributed by atoms with E-state index in [0.717, 1.165) is 16.8 Å². The number of aryl methyl sites for hydroxylation is 1. The van der Waals surface area contributed by atoms with Gasteiger partial charge in [-0.15, -0.1) is 0 Å². The highest BCUT2D eigenvalue weighted by molar-refractivity contribution is 5.73. The van der Waals surface area contributed by atoms with Crippen LogP contribution in [0.3, 0.4) is 0 Å². The molecule has 6 heteroatoms. The van der Waals surface area contributed by atoms with E-state index in [1.807, 2.05) is 19.1 Å². The van der Waals surface area contributed by atoms with Crippen molar-refractivity contribution in [1.29, 1.82) is 0 Å². The van der Waals surface area contributed by atoms with Gasteiger partial charge < -0.3 is 10.4 Å². The number of nitrogens with one attached hydrogen (secondary N) is 1. The Bertz CT molecular complexity index is 636. The Morgan fingerprint density at radius 3 is 2.77 bits per heavy atom. The van der Waals surface area contributed by atoms with Gasteiger partial charge >= 0.3 is 5.97 Å². The first kappa shape index (κ1) is 16.2. The lowest BCUT2D eigenvalue weighted by Crippen LogP contribution is -2.28. The van der Waals surface area contributed by atoms with Crippen molar-refractivity contribution in [2.45, 2.75) is 33.7 Å². The molecule has 1 heterocycles. The van der Waals surface area contributed by atoms with E-state index in [-0.39, 0.29) is 0 Å². The number of carboxylic acids is 1. The number of aromatic nitrogens is 3. The minimum atomic E-state index is -0.762. The molecule has 0 aliphatic heterocycles. The van der Waals surface area contributed by atoms with Crippen LogP contribution in [-0.4, -0.2) is 32.4 Å². The third-order valence-electron chi connectivity index (χ3n) is 3.76. The molecule has 0 unspecified atom stereocenters. The molecule has 0 bridgehead atoms. The maximum Gasteiger partial charge on any atom is 0.309 e. The molecule has 6 nitrogen and oxygen atoms in total. The second-order valence-electron chi connectivity index (χ2n) is 6.08. The first-order chi connectivity index (χ1) is 10.4. The first-order valence-corrected chi connectivity index (χ1v) is 7.29. The van der Waals surface area contributed by atoms with Crippen LogP contribution in [-0.2, 0) is 11.3 Å². The molecule has 0 aliphatic rings. The predicted molar refractivity (Wildman–Crippen MR) is 83.8 cm³/mol. The fourth-order valence-corrected chi connectivity index (χ4v) is 2.16. The number of hydrogen-bond donors (Lipinski definition) is 2. The number of carbonyl (C=O) groups is 1. The lowest BCUT2D eigenvalue weighted by Gasteiger charge is -2.19. The third-order valence-corrected chi connectivity index (χ3v) is 3.76. The van der Waals surface area contributed by atoms with Gasteiger partial charge in [0.2, 0.25) is 0 Å². The number of aliphatic carboxylic acids is 1. The van der Waals surface area contributed by atoms with Crippen LogP contribution in [0.5, 0.6) is 0 Å². The average Bonchev–Trinajstić information content (AvgIpc) is 2.97. The zero-order valence-electron chi connectivity index (χ0n) is 13.2. The quantitative estimate of drug-likeness (QED) is 0.766. The van der Waals surface area contributed by atoms with E-state index in [1.165, 1.54) is 6.33 Å². The maximum atomic E-state index is 11.0. The maximum absolute atomic E-state index is 11.0. The van der Waals surface area contributed by atoms with Crippen LogP contribution >= 0.6 is 0 Å². The molecule has 0 radical (unpaired) electrons. The molecule has 0 atom stereocenters. The monoisotopic (exact) mass is 302 g/mol. The molecule has 0 spiro atoms. The summed E-state index contributed by atoms with van der Waals surface area (Å²) in [5.41, 5.74) is 2.60. The van der Waals surface area contributed by atoms with Gasteiger partial charge in [0.05, 0.1) is 11.1 Å². The van der Waals surface area contributed by atoms with E-state index in [1.54, 1.807) is 24.9 Å². The highest BCUT2D eigenvalue weighted by atomic mass is 16.4. The van der Waals surface area contributed by atoms with E-state index < -0.39 is 11.4 Å². The van der Waals surface area contributed by atoms with Gasteiger partial charge in [-0.3, -0.25) is 4.79 Å². The Kier molecular flexibility index (Phi) is 4.92. The summed E-state index contributed by atoms with van der Waals surface area (Å²) in [6, 6.07) is 6.16. The first-order valence-electron chi connectivity index (χ1n) is 7.29. The molecule has 2 N–H and O–H groups in total. The number of rotatable bonds is 7. The highest BCUT2D eigenvalue weighted by Crippen LogP contribution is 2.19. The van der Waals surface area contributed by atoms with Gasteiger partial charge in [-0.2, -0.15) is 5.10 Å². The molecule has 0 saturated carbocycles. The van der Waals surface area contributed by atoms with Gasteiger partial charge in [0.15, 0.2) is 0 Å². The van der Waals surface area contributed by atoms with Crippen molar-refractivity contribution in [3.63, 3.8) is 0 Å². The molecule has 0 aliphatic carbocycles. The summed E-state index contributed by atoms with van der Waals surface area (Å²) < 4.78 is 1.74. The normalized spacial score (nSPS) is 11.6. The molecular weight excluding hydrogens is 280 g/mol. The van der Waals surface area contributed by atoms with Gasteiger partial charge in [0, 0.05) is 6.54 Å². The molecule has 0 saturated heterocycles.